The second-order valence-electron chi connectivity index (χ2n) is 5.05. The first-order valence-corrected chi connectivity index (χ1v) is 7.36. The molecule has 0 amide bonds. The first-order valence-electron chi connectivity index (χ1n) is 6.48. The Labute approximate surface area is 126 Å². The molecule has 0 aliphatic carbocycles. The molecule has 0 radical (unpaired) electrons. The lowest BCUT2D eigenvalue weighted by Crippen LogP contribution is -2.15. The Hall–Kier alpha value is -2.34. The zero-order valence-corrected chi connectivity index (χ0v) is 12.8. The minimum absolute atomic E-state index is 0.188. The van der Waals surface area contributed by atoms with Crippen LogP contribution in [0.1, 0.15) is 21.6 Å². The number of hydrogen-bond donors (Lipinski definition) is 1. The quantitative estimate of drug-likeness (QED) is 0.804. The first-order chi connectivity index (χ1) is 9.97. The molecule has 0 unspecified atom stereocenters. The van der Waals surface area contributed by atoms with Crippen molar-refractivity contribution < 1.29 is 9.90 Å². The van der Waals surface area contributed by atoms with E-state index in [4.69, 9.17) is 0 Å². The van der Waals surface area contributed by atoms with Gasteiger partial charge in [0.2, 0.25) is 0 Å². The summed E-state index contributed by atoms with van der Waals surface area (Å²) in [6.45, 7) is 4.04. The van der Waals surface area contributed by atoms with Crippen LogP contribution in [0, 0.1) is 13.8 Å². The average Bonchev–Trinajstić information content (AvgIpc) is 2.95. The highest BCUT2D eigenvalue weighted by Crippen LogP contribution is 2.30. The van der Waals surface area contributed by atoms with Crippen molar-refractivity contribution in [3.05, 3.63) is 46.6 Å². The van der Waals surface area contributed by atoms with Crippen molar-refractivity contribution in [1.29, 1.82) is 0 Å². The lowest BCUT2D eigenvalue weighted by atomic mass is 10.1. The van der Waals surface area contributed by atoms with Gasteiger partial charge >= 0.3 is 5.97 Å². The summed E-state index contributed by atoms with van der Waals surface area (Å²) >= 11 is 1.42. The van der Waals surface area contributed by atoms with Gasteiger partial charge in [0.15, 0.2) is 16.5 Å². The first kappa shape index (κ1) is 13.6. The van der Waals surface area contributed by atoms with Gasteiger partial charge in [-0.25, -0.2) is 9.78 Å². The molecule has 0 bridgehead atoms. The highest BCUT2D eigenvalue weighted by Gasteiger charge is 2.23. The fourth-order valence-corrected chi connectivity index (χ4v) is 3.18. The van der Waals surface area contributed by atoms with E-state index >= 15 is 0 Å². The number of carboxylic acids is 1. The molecule has 2 heterocycles. The highest BCUT2D eigenvalue weighted by molar-refractivity contribution is 7.15. The Balaban J connectivity index is 2.16. The smallest absolute Gasteiger partial charge is 0.356 e. The fraction of sp³-hybridized carbons (Fsp3) is 0.200. The van der Waals surface area contributed by atoms with Gasteiger partial charge in [-0.2, -0.15) is 0 Å². The van der Waals surface area contributed by atoms with Gasteiger partial charge in [-0.1, -0.05) is 6.07 Å². The summed E-state index contributed by atoms with van der Waals surface area (Å²) < 4.78 is 1.61. The lowest BCUT2D eigenvalue weighted by molar-refractivity contribution is 0.0690. The van der Waals surface area contributed by atoms with Crippen LogP contribution < -0.4 is 4.90 Å². The second kappa shape index (κ2) is 4.89. The van der Waals surface area contributed by atoms with E-state index in [2.05, 4.69) is 11.1 Å². The summed E-state index contributed by atoms with van der Waals surface area (Å²) in [5.74, 6) is -0.522. The Kier molecular flexibility index (Phi) is 3.17. The molecular weight excluding hydrogens is 286 g/mol. The van der Waals surface area contributed by atoms with E-state index in [9.17, 15) is 9.90 Å². The standard InChI is InChI=1S/C15H15N3O2S/c1-9-6-10(2)8-11(7-9)17(3)13-12(14(19)20)18-4-5-21-15(18)16-13/h4-8H,1-3H3,(H,19,20). The highest BCUT2D eigenvalue weighted by atomic mass is 32.1. The molecule has 1 aromatic carbocycles. The summed E-state index contributed by atoms with van der Waals surface area (Å²) in [5, 5.41) is 11.3. The Morgan fingerprint density at radius 3 is 2.57 bits per heavy atom. The number of carbonyl (C=O) groups is 1. The maximum Gasteiger partial charge on any atom is 0.356 e. The number of aromatic carboxylic acids is 1. The number of benzene rings is 1. The van der Waals surface area contributed by atoms with Crippen molar-refractivity contribution in [2.45, 2.75) is 13.8 Å². The predicted molar refractivity (Wildman–Crippen MR) is 84.0 cm³/mol. The van der Waals surface area contributed by atoms with Crippen LogP contribution in [0.2, 0.25) is 0 Å². The number of imidazole rings is 1. The van der Waals surface area contributed by atoms with E-state index in [0.717, 1.165) is 16.8 Å². The van der Waals surface area contributed by atoms with Gasteiger partial charge in [0.05, 0.1) is 0 Å². The monoisotopic (exact) mass is 301 g/mol. The predicted octanol–water partition coefficient (Wildman–Crippen LogP) is 3.48. The molecule has 3 aromatic rings. The molecule has 1 N–H and O–H groups in total. The van der Waals surface area contributed by atoms with Crippen LogP contribution in [-0.2, 0) is 0 Å². The molecule has 2 aromatic heterocycles. The van der Waals surface area contributed by atoms with Gasteiger partial charge in [-0.3, -0.25) is 4.40 Å². The van der Waals surface area contributed by atoms with Crippen LogP contribution in [0.15, 0.2) is 29.8 Å². The number of nitrogens with zero attached hydrogens (tertiary/aromatic N) is 3. The van der Waals surface area contributed by atoms with Crippen LogP contribution >= 0.6 is 11.3 Å². The third-order valence-corrected chi connectivity index (χ3v) is 4.11. The van der Waals surface area contributed by atoms with Crippen LogP contribution in [0.4, 0.5) is 11.5 Å². The minimum Gasteiger partial charge on any atom is -0.476 e. The zero-order chi connectivity index (χ0) is 15.1. The number of aromatic nitrogens is 2. The van der Waals surface area contributed by atoms with Crippen molar-refractivity contribution in [2.24, 2.45) is 0 Å². The van der Waals surface area contributed by atoms with Gasteiger partial charge in [-0.05, 0) is 37.1 Å². The van der Waals surface area contributed by atoms with Crippen molar-refractivity contribution in [3.63, 3.8) is 0 Å². The largest absolute Gasteiger partial charge is 0.476 e. The van der Waals surface area contributed by atoms with Gasteiger partial charge < -0.3 is 10.0 Å². The summed E-state index contributed by atoms with van der Waals surface area (Å²) in [6.07, 6.45) is 1.73. The molecule has 0 saturated carbocycles. The third-order valence-electron chi connectivity index (χ3n) is 3.36. The van der Waals surface area contributed by atoms with Crippen molar-refractivity contribution in [3.8, 4) is 0 Å². The fourth-order valence-electron chi connectivity index (χ4n) is 2.47. The number of thiazole rings is 1. The van der Waals surface area contributed by atoms with Gasteiger partial charge in [0.25, 0.3) is 0 Å². The van der Waals surface area contributed by atoms with Crippen molar-refractivity contribution >= 4 is 33.8 Å². The Morgan fingerprint density at radius 2 is 1.95 bits per heavy atom. The minimum atomic E-state index is -0.980. The van der Waals surface area contributed by atoms with Crippen molar-refractivity contribution in [1.82, 2.24) is 9.38 Å². The Bertz CT molecular complexity index is 814. The average molecular weight is 301 g/mol. The molecule has 6 heteroatoms. The molecule has 0 aliphatic heterocycles. The topological polar surface area (TPSA) is 57.8 Å². The van der Waals surface area contributed by atoms with Gasteiger partial charge in [0.1, 0.15) is 0 Å². The van der Waals surface area contributed by atoms with Crippen LogP contribution in [0.3, 0.4) is 0 Å². The summed E-state index contributed by atoms with van der Waals surface area (Å²) in [4.78, 5) is 18.5. The molecule has 0 spiro atoms. The Morgan fingerprint density at radius 1 is 1.29 bits per heavy atom. The number of fused-ring (bicyclic) bond motifs is 1. The van der Waals surface area contributed by atoms with Crippen LogP contribution in [0.25, 0.3) is 4.96 Å². The molecule has 3 rings (SSSR count). The normalized spacial score (nSPS) is 11.0. The number of hydrogen-bond acceptors (Lipinski definition) is 4. The maximum atomic E-state index is 11.6. The molecule has 0 saturated heterocycles. The molecule has 0 aliphatic rings. The molecule has 0 fully saturated rings. The maximum absolute atomic E-state index is 11.6. The van der Waals surface area contributed by atoms with Crippen molar-refractivity contribution in [2.75, 3.05) is 11.9 Å². The molecule has 21 heavy (non-hydrogen) atoms. The van der Waals surface area contributed by atoms with E-state index in [1.165, 1.54) is 11.3 Å². The SMILES string of the molecule is Cc1cc(C)cc(N(C)c2nc3sccn3c2C(=O)O)c1. The van der Waals surface area contributed by atoms with E-state index in [1.54, 1.807) is 10.6 Å². The summed E-state index contributed by atoms with van der Waals surface area (Å²) in [7, 11) is 1.84. The van der Waals surface area contributed by atoms with Crippen LogP contribution in [-0.4, -0.2) is 27.5 Å². The zero-order valence-electron chi connectivity index (χ0n) is 12.0. The third kappa shape index (κ3) is 2.27. The lowest BCUT2D eigenvalue weighted by Gasteiger charge is -2.18. The summed E-state index contributed by atoms with van der Waals surface area (Å²) in [6, 6.07) is 6.12. The van der Waals surface area contributed by atoms with Gasteiger partial charge in [-0.15, -0.1) is 11.3 Å². The molecule has 0 atom stereocenters. The van der Waals surface area contributed by atoms with Gasteiger partial charge in [0, 0.05) is 24.3 Å². The number of carboxylic acid groups (broad SMARTS) is 1. The molecule has 108 valence electrons. The number of rotatable bonds is 3. The number of anilines is 2. The van der Waals surface area contributed by atoms with E-state index in [0.29, 0.717) is 10.8 Å². The van der Waals surface area contributed by atoms with E-state index in [1.807, 2.05) is 43.3 Å². The summed E-state index contributed by atoms with van der Waals surface area (Å²) in [5.41, 5.74) is 3.39. The molecular formula is C15H15N3O2S. The van der Waals surface area contributed by atoms with E-state index in [-0.39, 0.29) is 5.69 Å². The van der Waals surface area contributed by atoms with E-state index < -0.39 is 5.97 Å². The van der Waals surface area contributed by atoms with Crippen LogP contribution in [0.5, 0.6) is 0 Å². The second-order valence-corrected chi connectivity index (χ2v) is 5.92. The number of aryl methyl sites for hydroxylation is 2. The molecule has 5 nitrogen and oxygen atoms in total.